The van der Waals surface area contributed by atoms with Crippen molar-refractivity contribution in [1.29, 1.82) is 0 Å². The van der Waals surface area contributed by atoms with Crippen molar-refractivity contribution in [1.82, 2.24) is 24.0 Å². The Morgan fingerprint density at radius 3 is 2.21 bits per heavy atom. The summed E-state index contributed by atoms with van der Waals surface area (Å²) in [4.78, 5) is 19.1. The van der Waals surface area contributed by atoms with Gasteiger partial charge in [-0.1, -0.05) is 24.6 Å². The molecular formula is C19H27N5O3S. The van der Waals surface area contributed by atoms with E-state index >= 15 is 0 Å². The maximum atomic E-state index is 12.8. The van der Waals surface area contributed by atoms with Crippen molar-refractivity contribution in [3.8, 4) is 0 Å². The minimum absolute atomic E-state index is 0.0138. The number of nitrogens with zero attached hydrogens (tertiary/aromatic N) is 5. The van der Waals surface area contributed by atoms with Gasteiger partial charge in [0.05, 0.1) is 17.4 Å². The molecule has 8 nitrogen and oxygen atoms in total. The van der Waals surface area contributed by atoms with Gasteiger partial charge in [-0.05, 0) is 32.9 Å². The van der Waals surface area contributed by atoms with Crippen LogP contribution in [0.3, 0.4) is 0 Å². The molecule has 1 fully saturated rings. The molecule has 0 saturated carbocycles. The Labute approximate surface area is 166 Å². The van der Waals surface area contributed by atoms with Gasteiger partial charge in [-0.15, -0.1) is 0 Å². The lowest BCUT2D eigenvalue weighted by Crippen LogP contribution is -2.52. The first kappa shape index (κ1) is 20.5. The average molecular weight is 406 g/mol. The van der Waals surface area contributed by atoms with Gasteiger partial charge in [0.15, 0.2) is 0 Å². The van der Waals surface area contributed by atoms with E-state index in [2.05, 4.69) is 10.1 Å². The Morgan fingerprint density at radius 2 is 1.68 bits per heavy atom. The molecule has 0 N–H and O–H groups in total. The van der Waals surface area contributed by atoms with Crippen LogP contribution < -0.4 is 0 Å². The minimum atomic E-state index is -3.53. The predicted octanol–water partition coefficient (Wildman–Crippen LogP) is 1.37. The van der Waals surface area contributed by atoms with E-state index in [0.717, 1.165) is 11.4 Å². The first-order valence-electron chi connectivity index (χ1n) is 9.42. The van der Waals surface area contributed by atoms with E-state index in [1.54, 1.807) is 33.8 Å². The van der Waals surface area contributed by atoms with Gasteiger partial charge in [0.1, 0.15) is 11.6 Å². The van der Waals surface area contributed by atoms with Gasteiger partial charge in [0, 0.05) is 26.2 Å². The van der Waals surface area contributed by atoms with E-state index in [9.17, 15) is 13.2 Å². The zero-order valence-electron chi connectivity index (χ0n) is 16.8. The molecule has 28 heavy (non-hydrogen) atoms. The summed E-state index contributed by atoms with van der Waals surface area (Å²) in [5, 5.41) is 4.31. The molecule has 0 radical (unpaired) electrons. The number of hydrogen-bond acceptors (Lipinski definition) is 5. The zero-order valence-corrected chi connectivity index (χ0v) is 17.6. The number of hydrogen-bond donors (Lipinski definition) is 0. The molecule has 2 heterocycles. The van der Waals surface area contributed by atoms with Crippen LogP contribution >= 0.6 is 0 Å². The third-order valence-corrected chi connectivity index (χ3v) is 6.95. The maximum absolute atomic E-state index is 12.8. The highest BCUT2D eigenvalue weighted by atomic mass is 32.2. The molecule has 0 spiro atoms. The highest BCUT2D eigenvalue weighted by molar-refractivity contribution is 7.89. The van der Waals surface area contributed by atoms with Crippen LogP contribution in [0.5, 0.6) is 0 Å². The Bertz CT molecular complexity index is 944. The number of aryl methyl sites for hydroxylation is 3. The summed E-state index contributed by atoms with van der Waals surface area (Å²) in [6, 6.07) is 6.85. The van der Waals surface area contributed by atoms with Crippen LogP contribution in [0.25, 0.3) is 0 Å². The number of amides is 1. The first-order chi connectivity index (χ1) is 13.2. The van der Waals surface area contributed by atoms with E-state index in [1.807, 2.05) is 27.7 Å². The normalized spacial score (nSPS) is 16.9. The molecule has 1 atom stereocenters. The maximum Gasteiger partial charge on any atom is 0.243 e. The molecule has 0 unspecified atom stereocenters. The number of carbonyl (C=O) groups excluding carboxylic acids is 1. The van der Waals surface area contributed by atoms with Crippen LogP contribution in [-0.4, -0.2) is 64.5 Å². The van der Waals surface area contributed by atoms with Gasteiger partial charge >= 0.3 is 0 Å². The van der Waals surface area contributed by atoms with Gasteiger partial charge in [-0.3, -0.25) is 4.79 Å². The van der Waals surface area contributed by atoms with Gasteiger partial charge in [-0.2, -0.15) is 9.40 Å². The van der Waals surface area contributed by atoms with Gasteiger partial charge in [0.2, 0.25) is 15.9 Å². The number of aromatic nitrogens is 3. The summed E-state index contributed by atoms with van der Waals surface area (Å²) in [7, 11) is -3.53. The molecule has 1 saturated heterocycles. The molecule has 9 heteroatoms. The fraction of sp³-hybridized carbons (Fsp3) is 0.526. The zero-order chi connectivity index (χ0) is 20.5. The Morgan fingerprint density at radius 1 is 1.07 bits per heavy atom. The molecule has 3 rings (SSSR count). The molecule has 1 aromatic heterocycles. The van der Waals surface area contributed by atoms with Crippen molar-refractivity contribution >= 4 is 15.9 Å². The molecule has 1 aromatic carbocycles. The highest BCUT2D eigenvalue weighted by Crippen LogP contribution is 2.19. The Kier molecular flexibility index (Phi) is 5.85. The van der Waals surface area contributed by atoms with Crippen LogP contribution in [0.1, 0.15) is 24.1 Å². The third kappa shape index (κ3) is 4.25. The molecular weight excluding hydrogens is 378 g/mol. The van der Waals surface area contributed by atoms with E-state index in [4.69, 9.17) is 0 Å². The first-order valence-corrected chi connectivity index (χ1v) is 10.9. The van der Waals surface area contributed by atoms with E-state index in [-0.39, 0.29) is 11.8 Å². The molecule has 1 aliphatic rings. The van der Waals surface area contributed by atoms with Gasteiger partial charge in [0.25, 0.3) is 0 Å². The number of sulfonamides is 1. The fourth-order valence-corrected chi connectivity index (χ4v) is 4.81. The molecule has 0 bridgehead atoms. The lowest BCUT2D eigenvalue weighted by atomic mass is 10.1. The number of rotatable bonds is 5. The van der Waals surface area contributed by atoms with E-state index in [0.29, 0.717) is 43.4 Å². The second-order valence-corrected chi connectivity index (χ2v) is 9.27. The minimum Gasteiger partial charge on any atom is -0.340 e. The summed E-state index contributed by atoms with van der Waals surface area (Å²) in [5.74, 6) is 1.23. The SMILES string of the molecule is Cc1ccc(S(=O)(=O)N2CCN(C(=O)[C@@H](C)Cn3nc(C)nc3C)CC2)cc1. The summed E-state index contributed by atoms with van der Waals surface area (Å²) >= 11 is 0. The van der Waals surface area contributed by atoms with Crippen molar-refractivity contribution in [3.63, 3.8) is 0 Å². The van der Waals surface area contributed by atoms with Crippen molar-refractivity contribution in [2.75, 3.05) is 26.2 Å². The summed E-state index contributed by atoms with van der Waals surface area (Å²) in [6.07, 6.45) is 0. The fourth-order valence-electron chi connectivity index (χ4n) is 3.39. The summed E-state index contributed by atoms with van der Waals surface area (Å²) in [6.45, 7) is 9.33. The number of piperazine rings is 1. The quantitative estimate of drug-likeness (QED) is 0.750. The standard InChI is InChI=1S/C19H27N5O3S/c1-14-5-7-18(8-6-14)28(26,27)23-11-9-22(10-12-23)19(25)15(2)13-24-17(4)20-16(3)21-24/h5-8,15H,9-13H2,1-4H3/t15-/m0/s1. The van der Waals surface area contributed by atoms with Gasteiger partial charge in [-0.25, -0.2) is 18.1 Å². The highest BCUT2D eigenvalue weighted by Gasteiger charge is 2.31. The van der Waals surface area contributed by atoms with E-state index in [1.165, 1.54) is 4.31 Å². The smallest absolute Gasteiger partial charge is 0.243 e. The second kappa shape index (κ2) is 8.00. The van der Waals surface area contributed by atoms with Crippen LogP contribution in [0.2, 0.25) is 0 Å². The molecule has 152 valence electrons. The lowest BCUT2D eigenvalue weighted by Gasteiger charge is -2.35. The number of carbonyl (C=O) groups is 1. The largest absolute Gasteiger partial charge is 0.340 e. The molecule has 1 amide bonds. The van der Waals surface area contributed by atoms with Crippen molar-refractivity contribution in [2.24, 2.45) is 5.92 Å². The van der Waals surface area contributed by atoms with Crippen LogP contribution in [0.4, 0.5) is 0 Å². The third-order valence-electron chi connectivity index (χ3n) is 5.04. The lowest BCUT2D eigenvalue weighted by molar-refractivity contribution is -0.136. The predicted molar refractivity (Wildman–Crippen MR) is 105 cm³/mol. The monoisotopic (exact) mass is 405 g/mol. The molecule has 2 aromatic rings. The van der Waals surface area contributed by atoms with Crippen molar-refractivity contribution < 1.29 is 13.2 Å². The van der Waals surface area contributed by atoms with Crippen molar-refractivity contribution in [3.05, 3.63) is 41.5 Å². The van der Waals surface area contributed by atoms with Crippen molar-refractivity contribution in [2.45, 2.75) is 39.1 Å². The van der Waals surface area contributed by atoms with Gasteiger partial charge < -0.3 is 4.90 Å². The summed E-state index contributed by atoms with van der Waals surface area (Å²) < 4.78 is 28.8. The molecule has 1 aliphatic heterocycles. The van der Waals surface area contributed by atoms with Crippen LogP contribution in [0, 0.1) is 26.7 Å². The van der Waals surface area contributed by atoms with Crippen LogP contribution in [0.15, 0.2) is 29.2 Å². The van der Waals surface area contributed by atoms with E-state index < -0.39 is 10.0 Å². The molecule has 0 aliphatic carbocycles. The van der Waals surface area contributed by atoms with Crippen LogP contribution in [-0.2, 0) is 21.4 Å². The Balaban J connectivity index is 1.60. The number of benzene rings is 1. The second-order valence-electron chi connectivity index (χ2n) is 7.33. The average Bonchev–Trinajstić information content (AvgIpc) is 2.98. The topological polar surface area (TPSA) is 88.4 Å². The Hall–Kier alpha value is -2.26. The summed E-state index contributed by atoms with van der Waals surface area (Å²) in [5.41, 5.74) is 1.01.